The van der Waals surface area contributed by atoms with E-state index in [1.54, 1.807) is 12.1 Å². The molecule has 2 aliphatic heterocycles. The molecule has 0 aromatic heterocycles. The highest BCUT2D eigenvalue weighted by Crippen LogP contribution is 2.49. The Kier molecular flexibility index (Phi) is 6.31. The summed E-state index contributed by atoms with van der Waals surface area (Å²) < 4.78 is 6.31. The molecular formula is C31H36N2O2. The molecule has 2 aliphatic carbocycles. The Morgan fingerprint density at radius 3 is 2.71 bits per heavy atom. The summed E-state index contributed by atoms with van der Waals surface area (Å²) in [5.74, 6) is 1.59. The highest BCUT2D eigenvalue weighted by Gasteiger charge is 2.39. The van der Waals surface area contributed by atoms with E-state index < -0.39 is 0 Å². The van der Waals surface area contributed by atoms with Gasteiger partial charge in [0.15, 0.2) is 5.43 Å². The maximum atomic E-state index is 11.9. The van der Waals surface area contributed by atoms with Crippen molar-refractivity contribution in [2.45, 2.75) is 71.1 Å². The van der Waals surface area contributed by atoms with E-state index in [1.807, 2.05) is 12.1 Å². The van der Waals surface area contributed by atoms with Crippen LogP contribution in [0.5, 0.6) is 0 Å². The molecule has 0 amide bonds. The van der Waals surface area contributed by atoms with Gasteiger partial charge in [0.25, 0.3) is 0 Å². The van der Waals surface area contributed by atoms with Crippen LogP contribution in [0.4, 0.5) is 11.4 Å². The van der Waals surface area contributed by atoms with E-state index in [2.05, 4.69) is 56.0 Å². The second-order valence-electron chi connectivity index (χ2n) is 10.5. The van der Waals surface area contributed by atoms with Gasteiger partial charge in [0.05, 0.1) is 0 Å². The first-order valence-corrected chi connectivity index (χ1v) is 13.0. The number of hydrogen-bond acceptors (Lipinski definition) is 4. The van der Waals surface area contributed by atoms with Crippen molar-refractivity contribution < 1.29 is 4.42 Å². The third-order valence-corrected chi connectivity index (χ3v) is 7.60. The molecule has 1 aromatic carbocycles. The summed E-state index contributed by atoms with van der Waals surface area (Å²) in [7, 11) is 0. The average Bonchev–Trinajstić information content (AvgIpc) is 3.04. The minimum absolute atomic E-state index is 0.0203. The van der Waals surface area contributed by atoms with E-state index >= 15 is 0 Å². The van der Waals surface area contributed by atoms with Gasteiger partial charge >= 0.3 is 0 Å². The number of unbranched alkanes of at least 4 members (excludes halogenated alkanes) is 3. The molecule has 0 radical (unpaired) electrons. The van der Waals surface area contributed by atoms with Crippen molar-refractivity contribution in [2.75, 3.05) is 17.2 Å². The molecule has 0 atom stereocenters. The number of nitrogens with two attached hydrogens (primary N) is 1. The topological polar surface area (TPSA) is 59.5 Å². The molecule has 0 saturated heterocycles. The van der Waals surface area contributed by atoms with Gasteiger partial charge < -0.3 is 15.1 Å². The number of anilines is 2. The van der Waals surface area contributed by atoms with Crippen LogP contribution in [-0.4, -0.2) is 6.54 Å². The SMILES string of the molecule is CCCCCCN1/C(=C/C=C2\CCCc3cc4ccc(=O)cc-4oc32)C(C)(C)c2cc(N)ccc21. The molecule has 0 fully saturated rings. The zero-order valence-corrected chi connectivity index (χ0v) is 21.2. The van der Waals surface area contributed by atoms with Crippen LogP contribution in [0.1, 0.15) is 76.2 Å². The first kappa shape index (κ1) is 23.5. The highest BCUT2D eigenvalue weighted by atomic mass is 16.3. The largest absolute Gasteiger partial charge is 0.456 e. The van der Waals surface area contributed by atoms with Crippen molar-refractivity contribution in [2.24, 2.45) is 0 Å². The molecule has 4 nitrogen and oxygen atoms in total. The van der Waals surface area contributed by atoms with Crippen molar-refractivity contribution in [1.29, 1.82) is 0 Å². The van der Waals surface area contributed by atoms with Crippen molar-refractivity contribution in [3.05, 3.63) is 87.4 Å². The van der Waals surface area contributed by atoms with Crippen LogP contribution >= 0.6 is 0 Å². The Balaban J connectivity index is 1.55. The number of hydrogen-bond donors (Lipinski definition) is 1. The van der Waals surface area contributed by atoms with Crippen LogP contribution in [0.25, 0.3) is 16.9 Å². The van der Waals surface area contributed by atoms with Crippen LogP contribution < -0.4 is 16.1 Å². The van der Waals surface area contributed by atoms with Crippen LogP contribution in [-0.2, 0) is 11.8 Å². The van der Waals surface area contributed by atoms with E-state index in [9.17, 15) is 4.79 Å². The van der Waals surface area contributed by atoms with E-state index in [4.69, 9.17) is 10.2 Å². The van der Waals surface area contributed by atoms with Crippen molar-refractivity contribution >= 4 is 16.9 Å². The van der Waals surface area contributed by atoms with Gasteiger partial charge in [-0.15, -0.1) is 0 Å². The predicted molar refractivity (Wildman–Crippen MR) is 146 cm³/mol. The quantitative estimate of drug-likeness (QED) is 0.304. The fraction of sp³-hybridized carbons (Fsp3) is 0.387. The number of benzene rings is 2. The van der Waals surface area contributed by atoms with Crippen molar-refractivity contribution in [1.82, 2.24) is 0 Å². The van der Waals surface area contributed by atoms with Crippen molar-refractivity contribution in [3.8, 4) is 11.3 Å². The summed E-state index contributed by atoms with van der Waals surface area (Å²) in [6.07, 6.45) is 12.5. The number of aryl methyl sites for hydroxylation is 1. The lowest BCUT2D eigenvalue weighted by molar-refractivity contribution is 0.526. The second-order valence-corrected chi connectivity index (χ2v) is 10.5. The van der Waals surface area contributed by atoms with Gasteiger partial charge in [-0.2, -0.15) is 0 Å². The van der Waals surface area contributed by atoms with Crippen LogP contribution in [0.15, 0.2) is 69.5 Å². The number of allylic oxidation sites excluding steroid dienone is 4. The Labute approximate surface area is 208 Å². The third-order valence-electron chi connectivity index (χ3n) is 7.60. The minimum Gasteiger partial charge on any atom is -0.456 e. The maximum absolute atomic E-state index is 11.9. The van der Waals surface area contributed by atoms with Crippen LogP contribution in [0, 0.1) is 0 Å². The monoisotopic (exact) mass is 468 g/mol. The maximum Gasteiger partial charge on any atom is 0.182 e. The average molecular weight is 469 g/mol. The number of nitrogens with zero attached hydrogens (tertiary/aromatic N) is 1. The molecule has 1 aromatic rings. The Hall–Kier alpha value is -3.27. The second kappa shape index (κ2) is 9.41. The summed E-state index contributed by atoms with van der Waals surface area (Å²) in [5.41, 5.74) is 14.1. The molecule has 4 heteroatoms. The van der Waals surface area contributed by atoms with Gasteiger partial charge in [0.2, 0.25) is 0 Å². The van der Waals surface area contributed by atoms with Crippen molar-refractivity contribution in [3.63, 3.8) is 0 Å². The summed E-state index contributed by atoms with van der Waals surface area (Å²) in [5, 5.41) is 0. The predicted octanol–water partition coefficient (Wildman–Crippen LogP) is 7.31. The van der Waals surface area contributed by atoms with E-state index in [-0.39, 0.29) is 10.8 Å². The number of nitrogen functional groups attached to an aromatic ring is 1. The van der Waals surface area contributed by atoms with Gasteiger partial charge in [0, 0.05) is 40.7 Å². The van der Waals surface area contributed by atoms with Gasteiger partial charge in [-0.1, -0.05) is 46.1 Å². The lowest BCUT2D eigenvalue weighted by Gasteiger charge is -2.27. The summed E-state index contributed by atoms with van der Waals surface area (Å²) in [6, 6.07) is 13.6. The molecule has 182 valence electrons. The molecule has 0 bridgehead atoms. The fourth-order valence-corrected chi connectivity index (χ4v) is 5.66. The van der Waals surface area contributed by atoms with E-state index in [0.29, 0.717) is 5.76 Å². The van der Waals surface area contributed by atoms with Gasteiger partial charge in [-0.3, -0.25) is 4.79 Å². The lowest BCUT2D eigenvalue weighted by Crippen LogP contribution is -2.27. The smallest absolute Gasteiger partial charge is 0.182 e. The first-order valence-electron chi connectivity index (χ1n) is 13.0. The molecule has 2 N–H and O–H groups in total. The fourth-order valence-electron chi connectivity index (χ4n) is 5.66. The normalized spacial score (nSPS) is 18.9. The number of fused-ring (bicyclic) bond motifs is 3. The molecule has 0 saturated carbocycles. The Morgan fingerprint density at radius 2 is 1.89 bits per heavy atom. The molecule has 5 rings (SSSR count). The van der Waals surface area contributed by atoms with Gasteiger partial charge in [0.1, 0.15) is 11.5 Å². The van der Waals surface area contributed by atoms with Crippen LogP contribution in [0.3, 0.4) is 0 Å². The molecule has 0 unspecified atom stereocenters. The minimum atomic E-state index is -0.137. The lowest BCUT2D eigenvalue weighted by atomic mass is 9.83. The molecule has 35 heavy (non-hydrogen) atoms. The molecular weight excluding hydrogens is 432 g/mol. The zero-order chi connectivity index (χ0) is 24.6. The molecule has 0 spiro atoms. The molecule has 4 aliphatic rings. The zero-order valence-electron chi connectivity index (χ0n) is 21.2. The van der Waals surface area contributed by atoms with Gasteiger partial charge in [-0.05, 0) is 84.9 Å². The Bertz CT molecular complexity index is 1330. The highest BCUT2D eigenvalue weighted by molar-refractivity contribution is 5.75. The van der Waals surface area contributed by atoms with Gasteiger partial charge in [-0.25, -0.2) is 0 Å². The summed E-state index contributed by atoms with van der Waals surface area (Å²) in [6.45, 7) is 7.85. The Morgan fingerprint density at radius 1 is 1.03 bits per heavy atom. The van der Waals surface area contributed by atoms with E-state index in [0.717, 1.165) is 42.8 Å². The van der Waals surface area contributed by atoms with Crippen LogP contribution in [0.2, 0.25) is 0 Å². The summed E-state index contributed by atoms with van der Waals surface area (Å²) >= 11 is 0. The summed E-state index contributed by atoms with van der Waals surface area (Å²) in [4.78, 5) is 14.4. The number of rotatable bonds is 6. The first-order chi connectivity index (χ1) is 16.9. The molecule has 2 heterocycles. The van der Waals surface area contributed by atoms with E-state index in [1.165, 1.54) is 53.8 Å². The standard InChI is InChI=1S/C31H36N2O2/c1-4-5-6-7-17-33-27-15-13-24(32)19-26(27)31(2,3)29(33)16-12-21-9-8-10-23-18-22-11-14-25(34)20-28(22)35-30(21)23/h11-16,18-20H,4-10,17,32H2,1-3H3/b21-12+,29-16+. The third kappa shape index (κ3) is 4.42.